The zero-order chi connectivity index (χ0) is 19.9. The number of benzene rings is 1. The molecule has 1 aromatic carbocycles. The summed E-state index contributed by atoms with van der Waals surface area (Å²) in [6.07, 6.45) is 1.48. The number of nitrogens with one attached hydrogen (secondary N) is 2. The standard InChI is InChI=1S/C19H16Cl2FN3O3/c20-12-9-16(21)18(25-10-12)23-7-8-24-19(26)17-6-5-15(28-17)11-27-14-3-1-13(22)2-4-14/h1-6,9-10H,7-8,11H2,(H,23,25)(H,24,26). The molecular weight excluding hydrogens is 408 g/mol. The van der Waals surface area contributed by atoms with Crippen LogP contribution < -0.4 is 15.4 Å². The van der Waals surface area contributed by atoms with Crippen molar-refractivity contribution in [3.05, 3.63) is 76.0 Å². The number of anilines is 1. The van der Waals surface area contributed by atoms with Crippen molar-refractivity contribution in [3.8, 4) is 5.75 Å². The van der Waals surface area contributed by atoms with E-state index in [1.165, 1.54) is 30.5 Å². The highest BCUT2D eigenvalue weighted by atomic mass is 35.5. The number of carbonyl (C=O) groups is 1. The van der Waals surface area contributed by atoms with Gasteiger partial charge in [0.05, 0.1) is 10.0 Å². The lowest BCUT2D eigenvalue weighted by atomic mass is 10.3. The molecule has 3 rings (SSSR count). The minimum Gasteiger partial charge on any atom is -0.486 e. The molecule has 0 radical (unpaired) electrons. The topological polar surface area (TPSA) is 76.4 Å². The number of furan rings is 1. The molecule has 2 aromatic heterocycles. The van der Waals surface area contributed by atoms with E-state index in [4.69, 9.17) is 32.4 Å². The van der Waals surface area contributed by atoms with Crippen LogP contribution in [0.1, 0.15) is 16.3 Å². The third-order valence-corrected chi connectivity index (χ3v) is 4.09. The number of rotatable bonds is 8. The van der Waals surface area contributed by atoms with Crippen LogP contribution in [0.5, 0.6) is 5.75 Å². The Morgan fingerprint density at radius 2 is 1.93 bits per heavy atom. The molecular formula is C19H16Cl2FN3O3. The molecule has 6 nitrogen and oxygen atoms in total. The summed E-state index contributed by atoms with van der Waals surface area (Å²) in [5.41, 5.74) is 0. The van der Waals surface area contributed by atoms with Gasteiger partial charge in [-0.3, -0.25) is 4.79 Å². The van der Waals surface area contributed by atoms with Crippen LogP contribution in [0.15, 0.2) is 53.1 Å². The lowest BCUT2D eigenvalue weighted by molar-refractivity contribution is 0.0923. The van der Waals surface area contributed by atoms with Gasteiger partial charge in [-0.25, -0.2) is 9.37 Å². The minimum atomic E-state index is -0.356. The van der Waals surface area contributed by atoms with E-state index in [0.29, 0.717) is 40.5 Å². The number of amides is 1. The molecule has 0 aliphatic carbocycles. The Bertz CT molecular complexity index is 948. The Morgan fingerprint density at radius 1 is 1.14 bits per heavy atom. The van der Waals surface area contributed by atoms with Crippen molar-refractivity contribution < 1.29 is 18.3 Å². The first-order chi connectivity index (χ1) is 13.5. The van der Waals surface area contributed by atoms with Gasteiger partial charge in [0.1, 0.15) is 29.8 Å². The van der Waals surface area contributed by atoms with Gasteiger partial charge < -0.3 is 19.8 Å². The monoisotopic (exact) mass is 423 g/mol. The lowest BCUT2D eigenvalue weighted by Crippen LogP contribution is -2.28. The van der Waals surface area contributed by atoms with Crippen LogP contribution in [0.2, 0.25) is 10.0 Å². The summed E-state index contributed by atoms with van der Waals surface area (Å²) in [5.74, 6) is 0.936. The average molecular weight is 424 g/mol. The number of nitrogens with zero attached hydrogens (tertiary/aromatic N) is 1. The molecule has 0 saturated heterocycles. The summed E-state index contributed by atoms with van der Waals surface area (Å²) in [4.78, 5) is 16.2. The highest BCUT2D eigenvalue weighted by molar-refractivity contribution is 6.35. The van der Waals surface area contributed by atoms with Gasteiger partial charge in [0.15, 0.2) is 5.76 Å². The van der Waals surface area contributed by atoms with E-state index in [-0.39, 0.29) is 24.1 Å². The van der Waals surface area contributed by atoms with Gasteiger partial charge in [0.2, 0.25) is 0 Å². The molecule has 0 aliphatic rings. The normalized spacial score (nSPS) is 10.5. The molecule has 2 N–H and O–H groups in total. The van der Waals surface area contributed by atoms with E-state index in [1.807, 2.05) is 0 Å². The van der Waals surface area contributed by atoms with E-state index >= 15 is 0 Å². The second-order valence-electron chi connectivity index (χ2n) is 5.68. The van der Waals surface area contributed by atoms with Gasteiger partial charge in [0, 0.05) is 19.3 Å². The number of carbonyl (C=O) groups excluding carboxylic acids is 1. The predicted octanol–water partition coefficient (Wildman–Crippen LogP) is 4.54. The summed E-state index contributed by atoms with van der Waals surface area (Å²) >= 11 is 11.8. The zero-order valence-corrected chi connectivity index (χ0v) is 16.1. The van der Waals surface area contributed by atoms with Crippen molar-refractivity contribution in [2.45, 2.75) is 6.61 Å². The summed E-state index contributed by atoms with van der Waals surface area (Å²) < 4.78 is 23.8. The first kappa shape index (κ1) is 20.0. The van der Waals surface area contributed by atoms with E-state index in [9.17, 15) is 9.18 Å². The summed E-state index contributed by atoms with van der Waals surface area (Å²) in [7, 11) is 0. The molecule has 146 valence electrons. The van der Waals surface area contributed by atoms with Crippen LogP contribution in [0.4, 0.5) is 10.2 Å². The SMILES string of the molecule is O=C(NCCNc1ncc(Cl)cc1Cl)c1ccc(COc2ccc(F)cc2)o1. The first-order valence-corrected chi connectivity index (χ1v) is 9.07. The van der Waals surface area contributed by atoms with Gasteiger partial charge in [-0.2, -0.15) is 0 Å². The number of pyridine rings is 1. The maximum Gasteiger partial charge on any atom is 0.287 e. The van der Waals surface area contributed by atoms with Gasteiger partial charge in [-0.15, -0.1) is 0 Å². The fourth-order valence-electron chi connectivity index (χ4n) is 2.25. The summed E-state index contributed by atoms with van der Waals surface area (Å²) in [6.45, 7) is 0.879. The lowest BCUT2D eigenvalue weighted by Gasteiger charge is -2.08. The second kappa shape index (κ2) is 9.43. The van der Waals surface area contributed by atoms with Crippen molar-refractivity contribution >= 4 is 34.9 Å². The maximum atomic E-state index is 12.9. The molecule has 3 aromatic rings. The van der Waals surface area contributed by atoms with Gasteiger partial charge in [0.25, 0.3) is 5.91 Å². The van der Waals surface area contributed by atoms with Crippen molar-refractivity contribution in [2.24, 2.45) is 0 Å². The minimum absolute atomic E-state index is 0.126. The highest BCUT2D eigenvalue weighted by Gasteiger charge is 2.11. The Morgan fingerprint density at radius 3 is 2.68 bits per heavy atom. The van der Waals surface area contributed by atoms with Gasteiger partial charge in [-0.1, -0.05) is 23.2 Å². The third kappa shape index (κ3) is 5.61. The van der Waals surface area contributed by atoms with Crippen molar-refractivity contribution in [3.63, 3.8) is 0 Å². The van der Waals surface area contributed by atoms with Crippen molar-refractivity contribution in [2.75, 3.05) is 18.4 Å². The molecule has 0 aliphatic heterocycles. The molecule has 0 spiro atoms. The van der Waals surface area contributed by atoms with E-state index in [2.05, 4.69) is 15.6 Å². The highest BCUT2D eigenvalue weighted by Crippen LogP contribution is 2.22. The van der Waals surface area contributed by atoms with E-state index < -0.39 is 0 Å². The van der Waals surface area contributed by atoms with E-state index in [0.717, 1.165) is 0 Å². The Hall–Kier alpha value is -2.77. The quantitative estimate of drug-likeness (QED) is 0.520. The van der Waals surface area contributed by atoms with Crippen molar-refractivity contribution in [1.82, 2.24) is 10.3 Å². The van der Waals surface area contributed by atoms with Crippen LogP contribution >= 0.6 is 23.2 Å². The smallest absolute Gasteiger partial charge is 0.287 e. The fourth-order valence-corrected chi connectivity index (χ4v) is 2.70. The molecule has 0 atom stereocenters. The molecule has 1 amide bonds. The third-order valence-electron chi connectivity index (χ3n) is 3.59. The van der Waals surface area contributed by atoms with Gasteiger partial charge >= 0.3 is 0 Å². The molecule has 0 bridgehead atoms. The average Bonchev–Trinajstić information content (AvgIpc) is 3.15. The first-order valence-electron chi connectivity index (χ1n) is 8.31. The van der Waals surface area contributed by atoms with E-state index in [1.54, 1.807) is 18.2 Å². The number of halogens is 3. The molecule has 28 heavy (non-hydrogen) atoms. The maximum absolute atomic E-state index is 12.9. The largest absolute Gasteiger partial charge is 0.486 e. The summed E-state index contributed by atoms with van der Waals surface area (Å²) in [5, 5.41) is 6.56. The summed E-state index contributed by atoms with van der Waals surface area (Å²) in [6, 6.07) is 10.4. The van der Waals surface area contributed by atoms with Crippen molar-refractivity contribution in [1.29, 1.82) is 0 Å². The molecule has 9 heteroatoms. The molecule has 0 fully saturated rings. The van der Waals surface area contributed by atoms with Crippen LogP contribution in [0, 0.1) is 5.82 Å². The van der Waals surface area contributed by atoms with Crippen LogP contribution in [0.25, 0.3) is 0 Å². The number of ether oxygens (including phenoxy) is 1. The fraction of sp³-hybridized carbons (Fsp3) is 0.158. The number of hydrogen-bond acceptors (Lipinski definition) is 5. The number of hydrogen-bond donors (Lipinski definition) is 2. The Kier molecular flexibility index (Phi) is 6.73. The predicted molar refractivity (Wildman–Crippen MR) is 105 cm³/mol. The Labute approximate surface area is 170 Å². The van der Waals surface area contributed by atoms with Crippen LogP contribution in [-0.4, -0.2) is 24.0 Å². The second-order valence-corrected chi connectivity index (χ2v) is 6.52. The Balaban J connectivity index is 1.42. The number of aromatic nitrogens is 1. The molecule has 0 unspecified atom stereocenters. The zero-order valence-electron chi connectivity index (χ0n) is 14.5. The van der Waals surface area contributed by atoms with Crippen LogP contribution in [-0.2, 0) is 6.61 Å². The molecule has 0 saturated carbocycles. The molecule has 2 heterocycles. The van der Waals surface area contributed by atoms with Crippen LogP contribution in [0.3, 0.4) is 0 Å². The van der Waals surface area contributed by atoms with Gasteiger partial charge in [-0.05, 0) is 42.5 Å².